The van der Waals surface area contributed by atoms with Crippen molar-refractivity contribution in [2.75, 3.05) is 6.54 Å². The molecule has 6 heteroatoms. The second kappa shape index (κ2) is 5.63. The number of phenolic OH excluding ortho intramolecular Hbond substituents is 1. The summed E-state index contributed by atoms with van der Waals surface area (Å²) in [5.41, 5.74) is 0.611. The molecule has 0 spiro atoms. The minimum absolute atomic E-state index is 0.0581. The fourth-order valence-corrected chi connectivity index (χ4v) is 2.43. The van der Waals surface area contributed by atoms with Crippen LogP contribution in [-0.4, -0.2) is 39.1 Å². The number of benzene rings is 1. The molecular weight excluding hydrogens is 277 g/mol. The zero-order chi connectivity index (χ0) is 13.3. The second-order valence-corrected chi connectivity index (χ2v) is 5.34. The van der Waals surface area contributed by atoms with Crippen LogP contribution in [0.4, 0.5) is 0 Å². The first kappa shape index (κ1) is 13.9. The maximum atomic E-state index is 9.84. The van der Waals surface area contributed by atoms with Crippen molar-refractivity contribution in [3.05, 3.63) is 27.7 Å². The van der Waals surface area contributed by atoms with E-state index in [9.17, 15) is 15.3 Å². The largest absolute Gasteiger partial charge is 0.508 e. The van der Waals surface area contributed by atoms with E-state index < -0.39 is 12.3 Å². The lowest BCUT2D eigenvalue weighted by Crippen LogP contribution is -2.43. The molecule has 0 aliphatic carbocycles. The summed E-state index contributed by atoms with van der Waals surface area (Å²) in [6.07, 6.45) is -0.234. The highest BCUT2D eigenvalue weighted by Gasteiger charge is 2.26. The Bertz CT molecular complexity index is 442. The quantitative estimate of drug-likeness (QED) is 0.780. The number of piperidine rings is 1. The highest BCUT2D eigenvalue weighted by atomic mass is 35.5. The van der Waals surface area contributed by atoms with Crippen molar-refractivity contribution in [3.8, 4) is 5.75 Å². The van der Waals surface area contributed by atoms with Gasteiger partial charge in [-0.25, -0.2) is 0 Å². The lowest BCUT2D eigenvalue weighted by molar-refractivity contribution is -0.0713. The lowest BCUT2D eigenvalue weighted by atomic mass is 10.0. The summed E-state index contributed by atoms with van der Waals surface area (Å²) in [5.74, 6) is 0.0581. The minimum atomic E-state index is -0.706. The zero-order valence-electron chi connectivity index (χ0n) is 9.68. The van der Waals surface area contributed by atoms with Gasteiger partial charge < -0.3 is 15.3 Å². The number of phenols is 1. The zero-order valence-corrected chi connectivity index (χ0v) is 11.2. The molecule has 2 atom stereocenters. The van der Waals surface area contributed by atoms with Crippen LogP contribution in [0.1, 0.15) is 18.4 Å². The van der Waals surface area contributed by atoms with Gasteiger partial charge in [-0.15, -0.1) is 0 Å². The predicted octanol–water partition coefficient (Wildman–Crippen LogP) is 1.97. The molecule has 1 aromatic rings. The third kappa shape index (κ3) is 3.08. The number of rotatable bonds is 2. The van der Waals surface area contributed by atoms with Gasteiger partial charge in [-0.1, -0.05) is 23.2 Å². The Morgan fingerprint density at radius 2 is 1.89 bits per heavy atom. The molecule has 4 nitrogen and oxygen atoms in total. The van der Waals surface area contributed by atoms with E-state index in [2.05, 4.69) is 0 Å². The van der Waals surface area contributed by atoms with Crippen molar-refractivity contribution in [2.45, 2.75) is 31.7 Å². The van der Waals surface area contributed by atoms with Gasteiger partial charge in [-0.05, 0) is 12.5 Å². The van der Waals surface area contributed by atoms with Gasteiger partial charge in [-0.3, -0.25) is 4.90 Å². The van der Waals surface area contributed by atoms with Crippen LogP contribution in [0, 0.1) is 0 Å². The van der Waals surface area contributed by atoms with Gasteiger partial charge in [-0.2, -0.15) is 0 Å². The average molecular weight is 292 g/mol. The Morgan fingerprint density at radius 3 is 2.56 bits per heavy atom. The van der Waals surface area contributed by atoms with Gasteiger partial charge >= 0.3 is 0 Å². The third-order valence-corrected chi connectivity index (χ3v) is 3.87. The van der Waals surface area contributed by atoms with Crippen molar-refractivity contribution >= 4 is 23.2 Å². The molecule has 2 unspecified atom stereocenters. The molecule has 0 radical (unpaired) electrons. The number of likely N-dealkylation sites (tertiary alicyclic amines) is 1. The average Bonchev–Trinajstić information content (AvgIpc) is 2.29. The van der Waals surface area contributed by atoms with Crippen LogP contribution in [0.3, 0.4) is 0 Å². The Hall–Kier alpha value is -0.520. The van der Waals surface area contributed by atoms with Crippen LogP contribution in [0.15, 0.2) is 12.1 Å². The first-order valence-corrected chi connectivity index (χ1v) is 6.50. The first-order valence-electron chi connectivity index (χ1n) is 5.74. The van der Waals surface area contributed by atoms with Crippen molar-refractivity contribution < 1.29 is 15.3 Å². The number of hydrogen-bond acceptors (Lipinski definition) is 4. The Labute approximate surface area is 115 Å². The number of hydrogen-bond donors (Lipinski definition) is 3. The molecule has 1 aliphatic rings. The molecule has 0 amide bonds. The molecule has 18 heavy (non-hydrogen) atoms. The third-order valence-electron chi connectivity index (χ3n) is 3.15. The van der Waals surface area contributed by atoms with E-state index >= 15 is 0 Å². The molecule has 1 saturated heterocycles. The summed E-state index contributed by atoms with van der Waals surface area (Å²) in [4.78, 5) is 1.78. The van der Waals surface area contributed by atoms with E-state index in [0.29, 0.717) is 41.5 Å². The molecule has 3 N–H and O–H groups in total. The molecule has 0 aromatic heterocycles. The van der Waals surface area contributed by atoms with Crippen molar-refractivity contribution in [1.29, 1.82) is 0 Å². The molecule has 1 aliphatic heterocycles. The van der Waals surface area contributed by atoms with Gasteiger partial charge in [0.25, 0.3) is 0 Å². The molecule has 100 valence electrons. The topological polar surface area (TPSA) is 63.9 Å². The Morgan fingerprint density at radius 1 is 1.22 bits per heavy atom. The summed E-state index contributed by atoms with van der Waals surface area (Å²) in [6, 6.07) is 2.99. The highest BCUT2D eigenvalue weighted by Crippen LogP contribution is 2.31. The van der Waals surface area contributed by atoms with Gasteiger partial charge in [0.1, 0.15) is 12.0 Å². The van der Waals surface area contributed by atoms with Crippen molar-refractivity contribution in [2.24, 2.45) is 0 Å². The molecule has 2 rings (SSSR count). The van der Waals surface area contributed by atoms with Crippen molar-refractivity contribution in [1.82, 2.24) is 4.90 Å². The predicted molar refractivity (Wildman–Crippen MR) is 69.8 cm³/mol. The van der Waals surface area contributed by atoms with Crippen molar-refractivity contribution in [3.63, 3.8) is 0 Å². The fourth-order valence-electron chi connectivity index (χ4n) is 2.08. The molecular formula is C12H15Cl2NO3. The van der Waals surface area contributed by atoms with Crippen LogP contribution in [0.25, 0.3) is 0 Å². The summed E-state index contributed by atoms with van der Waals surface area (Å²) in [6.45, 7) is 0.943. The van der Waals surface area contributed by atoms with Crippen LogP contribution < -0.4 is 0 Å². The maximum absolute atomic E-state index is 9.84. The number of nitrogens with zero attached hydrogens (tertiary/aromatic N) is 1. The molecule has 0 saturated carbocycles. The Kier molecular flexibility index (Phi) is 4.35. The normalized spacial score (nSPS) is 25.3. The standard InChI is InChI=1S/C12H15Cl2NO3/c13-9-3-7(11(17)5-10(9)14)6-15-2-1-8(16)4-12(15)18/h3,5,8,12,16-18H,1-2,4,6H2. The molecule has 1 fully saturated rings. The van der Waals surface area contributed by atoms with E-state index in [1.54, 1.807) is 11.0 Å². The Balaban J connectivity index is 2.12. The van der Waals surface area contributed by atoms with E-state index in [4.69, 9.17) is 23.2 Å². The smallest absolute Gasteiger partial charge is 0.121 e. The second-order valence-electron chi connectivity index (χ2n) is 4.52. The minimum Gasteiger partial charge on any atom is -0.508 e. The molecule has 0 bridgehead atoms. The summed E-state index contributed by atoms with van der Waals surface area (Å²) < 4.78 is 0. The first-order chi connectivity index (χ1) is 8.47. The van der Waals surface area contributed by atoms with Crippen LogP contribution >= 0.6 is 23.2 Å². The van der Waals surface area contributed by atoms with Crippen LogP contribution in [0.2, 0.25) is 10.0 Å². The number of halogens is 2. The summed E-state index contributed by atoms with van der Waals surface area (Å²) >= 11 is 11.7. The lowest BCUT2D eigenvalue weighted by Gasteiger charge is -2.34. The van der Waals surface area contributed by atoms with Gasteiger partial charge in [0.05, 0.1) is 16.1 Å². The summed E-state index contributed by atoms with van der Waals surface area (Å²) in [5, 5.41) is 29.7. The fraction of sp³-hybridized carbons (Fsp3) is 0.500. The van der Waals surface area contributed by atoms with Gasteiger partial charge in [0, 0.05) is 31.1 Å². The van der Waals surface area contributed by atoms with Crippen LogP contribution in [-0.2, 0) is 6.54 Å². The highest BCUT2D eigenvalue weighted by molar-refractivity contribution is 6.42. The van der Waals surface area contributed by atoms with E-state index in [0.717, 1.165) is 0 Å². The van der Waals surface area contributed by atoms with E-state index in [1.807, 2.05) is 0 Å². The summed E-state index contributed by atoms with van der Waals surface area (Å²) in [7, 11) is 0. The molecule has 1 heterocycles. The van der Waals surface area contributed by atoms with Gasteiger partial charge in [0.15, 0.2) is 0 Å². The van der Waals surface area contributed by atoms with E-state index in [1.165, 1.54) is 6.07 Å². The monoisotopic (exact) mass is 291 g/mol. The number of aliphatic hydroxyl groups excluding tert-OH is 2. The van der Waals surface area contributed by atoms with Crippen LogP contribution in [0.5, 0.6) is 5.75 Å². The molecule has 1 aromatic carbocycles. The number of aromatic hydroxyl groups is 1. The SMILES string of the molecule is Oc1cc(Cl)c(Cl)cc1CN1CCC(O)CC1O. The maximum Gasteiger partial charge on any atom is 0.121 e. The van der Waals surface area contributed by atoms with E-state index in [-0.39, 0.29) is 5.75 Å². The van der Waals surface area contributed by atoms with Gasteiger partial charge in [0.2, 0.25) is 0 Å². The number of aliphatic hydroxyl groups is 2.